The monoisotopic (exact) mass is 182 g/mol. The van der Waals surface area contributed by atoms with Crippen LogP contribution in [0.5, 0.6) is 0 Å². The van der Waals surface area contributed by atoms with Crippen molar-refractivity contribution in [2.24, 2.45) is 0 Å². The quantitative estimate of drug-likeness (QED) is 0.647. The normalized spacial score (nSPS) is 14.2. The molecule has 0 heterocycles. The van der Waals surface area contributed by atoms with Crippen LogP contribution in [0.4, 0.5) is 0 Å². The SMILES string of the molecule is C=C(C)c1ccc(C2=CC=CC2)cc1. The van der Waals surface area contributed by atoms with Gasteiger partial charge in [-0.05, 0) is 30.0 Å². The van der Waals surface area contributed by atoms with Crippen LogP contribution in [-0.4, -0.2) is 0 Å². The number of benzene rings is 1. The average Bonchev–Trinajstić information content (AvgIpc) is 2.71. The summed E-state index contributed by atoms with van der Waals surface area (Å²) in [4.78, 5) is 0. The van der Waals surface area contributed by atoms with Crippen LogP contribution in [0.2, 0.25) is 0 Å². The Labute approximate surface area is 85.3 Å². The van der Waals surface area contributed by atoms with E-state index >= 15 is 0 Å². The fourth-order valence-electron chi connectivity index (χ4n) is 1.63. The fraction of sp³-hybridized carbons (Fsp3) is 0.143. The maximum atomic E-state index is 3.93. The van der Waals surface area contributed by atoms with Crippen LogP contribution < -0.4 is 0 Å². The molecule has 0 aliphatic heterocycles. The standard InChI is InChI=1S/C14H14/c1-11(2)12-7-9-14(10-8-12)13-5-3-4-6-13/h3-5,7-10H,1,6H2,2H3. The second-order valence-electron chi connectivity index (χ2n) is 3.68. The molecule has 0 atom stereocenters. The molecule has 1 aromatic rings. The van der Waals surface area contributed by atoms with Gasteiger partial charge in [0.15, 0.2) is 0 Å². The van der Waals surface area contributed by atoms with Crippen LogP contribution in [0.25, 0.3) is 11.1 Å². The zero-order valence-corrected chi connectivity index (χ0v) is 8.46. The third-order valence-corrected chi connectivity index (χ3v) is 2.52. The van der Waals surface area contributed by atoms with Gasteiger partial charge in [-0.3, -0.25) is 0 Å². The molecule has 0 unspecified atom stereocenters. The van der Waals surface area contributed by atoms with Crippen LogP contribution in [0.1, 0.15) is 24.5 Å². The summed E-state index contributed by atoms with van der Waals surface area (Å²) in [6.45, 7) is 5.96. The molecule has 0 fully saturated rings. The summed E-state index contributed by atoms with van der Waals surface area (Å²) < 4.78 is 0. The Hall–Kier alpha value is -1.56. The van der Waals surface area contributed by atoms with Crippen molar-refractivity contribution in [2.75, 3.05) is 0 Å². The van der Waals surface area contributed by atoms with E-state index < -0.39 is 0 Å². The maximum absolute atomic E-state index is 3.93. The smallest absolute Gasteiger partial charge is 0.00884 e. The first-order valence-electron chi connectivity index (χ1n) is 4.89. The van der Waals surface area contributed by atoms with Crippen LogP contribution >= 0.6 is 0 Å². The Morgan fingerprint density at radius 3 is 2.43 bits per heavy atom. The van der Waals surface area contributed by atoms with Crippen LogP contribution in [0.3, 0.4) is 0 Å². The largest absolute Gasteiger partial charge is 0.0955 e. The summed E-state index contributed by atoms with van der Waals surface area (Å²) in [5.41, 5.74) is 5.06. The first kappa shape index (κ1) is 9.01. The fourth-order valence-corrected chi connectivity index (χ4v) is 1.63. The van der Waals surface area contributed by atoms with Crippen molar-refractivity contribution >= 4 is 11.1 Å². The average molecular weight is 182 g/mol. The highest BCUT2D eigenvalue weighted by molar-refractivity contribution is 5.72. The second-order valence-corrected chi connectivity index (χ2v) is 3.68. The molecule has 1 aliphatic rings. The van der Waals surface area contributed by atoms with Crippen LogP contribution in [0.15, 0.2) is 49.1 Å². The van der Waals surface area contributed by atoms with Crippen molar-refractivity contribution < 1.29 is 0 Å². The van der Waals surface area contributed by atoms with Gasteiger partial charge in [-0.2, -0.15) is 0 Å². The molecule has 1 aromatic carbocycles. The zero-order chi connectivity index (χ0) is 9.97. The number of rotatable bonds is 2. The molecular formula is C14H14. The first-order chi connectivity index (χ1) is 6.77. The Morgan fingerprint density at radius 2 is 1.93 bits per heavy atom. The van der Waals surface area contributed by atoms with E-state index in [1.54, 1.807) is 0 Å². The molecule has 0 aromatic heterocycles. The summed E-state index contributed by atoms with van der Waals surface area (Å²) in [7, 11) is 0. The molecule has 14 heavy (non-hydrogen) atoms. The topological polar surface area (TPSA) is 0 Å². The van der Waals surface area contributed by atoms with Gasteiger partial charge in [0.25, 0.3) is 0 Å². The van der Waals surface area contributed by atoms with Gasteiger partial charge in [0.05, 0.1) is 0 Å². The van der Waals surface area contributed by atoms with E-state index in [4.69, 9.17) is 0 Å². The summed E-state index contributed by atoms with van der Waals surface area (Å²) in [5.74, 6) is 0. The van der Waals surface area contributed by atoms with E-state index in [-0.39, 0.29) is 0 Å². The van der Waals surface area contributed by atoms with Crippen molar-refractivity contribution in [3.8, 4) is 0 Å². The molecule has 0 saturated carbocycles. The minimum absolute atomic E-state index is 1.06. The maximum Gasteiger partial charge on any atom is -0.00884 e. The molecule has 1 aliphatic carbocycles. The van der Waals surface area contributed by atoms with Gasteiger partial charge in [-0.25, -0.2) is 0 Å². The molecule has 2 rings (SSSR count). The van der Waals surface area contributed by atoms with Gasteiger partial charge in [0, 0.05) is 0 Å². The summed E-state index contributed by atoms with van der Waals surface area (Å²) in [6.07, 6.45) is 7.53. The van der Waals surface area contributed by atoms with Crippen molar-refractivity contribution in [2.45, 2.75) is 13.3 Å². The van der Waals surface area contributed by atoms with Crippen LogP contribution in [-0.2, 0) is 0 Å². The van der Waals surface area contributed by atoms with Gasteiger partial charge in [-0.15, -0.1) is 0 Å². The third kappa shape index (κ3) is 1.69. The van der Waals surface area contributed by atoms with Crippen molar-refractivity contribution in [1.82, 2.24) is 0 Å². The van der Waals surface area contributed by atoms with E-state index in [0.29, 0.717) is 0 Å². The van der Waals surface area contributed by atoms with E-state index in [9.17, 15) is 0 Å². The molecule has 0 heteroatoms. The number of hydrogen-bond donors (Lipinski definition) is 0. The van der Waals surface area contributed by atoms with Gasteiger partial charge in [-0.1, -0.05) is 54.6 Å². The Kier molecular flexibility index (Phi) is 2.36. The zero-order valence-electron chi connectivity index (χ0n) is 8.46. The highest BCUT2D eigenvalue weighted by atomic mass is 14.1. The second kappa shape index (κ2) is 3.67. The minimum atomic E-state index is 1.06. The molecule has 70 valence electrons. The van der Waals surface area contributed by atoms with E-state index in [0.717, 1.165) is 12.0 Å². The van der Waals surface area contributed by atoms with E-state index in [1.165, 1.54) is 16.7 Å². The van der Waals surface area contributed by atoms with Gasteiger partial charge >= 0.3 is 0 Å². The summed E-state index contributed by atoms with van der Waals surface area (Å²) in [5, 5.41) is 0. The lowest BCUT2D eigenvalue weighted by Crippen LogP contribution is -1.82. The molecule has 0 spiro atoms. The van der Waals surface area contributed by atoms with Gasteiger partial charge in [0.2, 0.25) is 0 Å². The Bertz CT molecular complexity index is 402. The van der Waals surface area contributed by atoms with Crippen molar-refractivity contribution in [3.63, 3.8) is 0 Å². The molecule has 0 bridgehead atoms. The van der Waals surface area contributed by atoms with E-state index in [1.807, 2.05) is 6.92 Å². The molecule has 0 radical (unpaired) electrons. The third-order valence-electron chi connectivity index (χ3n) is 2.52. The Balaban J connectivity index is 2.26. The van der Waals surface area contributed by atoms with Crippen molar-refractivity contribution in [1.29, 1.82) is 0 Å². The molecule has 0 saturated heterocycles. The molecule has 0 amide bonds. The lowest BCUT2D eigenvalue weighted by atomic mass is 10.0. The predicted molar refractivity (Wildman–Crippen MR) is 62.9 cm³/mol. The number of allylic oxidation sites excluding steroid dienone is 5. The van der Waals surface area contributed by atoms with Gasteiger partial charge in [0.1, 0.15) is 0 Å². The molecule has 0 nitrogen and oxygen atoms in total. The first-order valence-corrected chi connectivity index (χ1v) is 4.89. The molecule has 0 N–H and O–H groups in total. The highest BCUT2D eigenvalue weighted by Crippen LogP contribution is 2.24. The lowest BCUT2D eigenvalue weighted by molar-refractivity contribution is 1.42. The molecular weight excluding hydrogens is 168 g/mol. The van der Waals surface area contributed by atoms with Crippen molar-refractivity contribution in [3.05, 3.63) is 60.2 Å². The minimum Gasteiger partial charge on any atom is -0.0955 e. The highest BCUT2D eigenvalue weighted by Gasteiger charge is 2.02. The number of hydrogen-bond acceptors (Lipinski definition) is 0. The summed E-state index contributed by atoms with van der Waals surface area (Å²) >= 11 is 0. The predicted octanol–water partition coefficient (Wildman–Crippen LogP) is 4.06. The van der Waals surface area contributed by atoms with Gasteiger partial charge < -0.3 is 0 Å². The Morgan fingerprint density at radius 1 is 1.21 bits per heavy atom. The van der Waals surface area contributed by atoms with E-state index in [2.05, 4.69) is 49.1 Å². The summed E-state index contributed by atoms with van der Waals surface area (Å²) in [6, 6.07) is 8.61. The van der Waals surface area contributed by atoms with Crippen LogP contribution in [0, 0.1) is 0 Å². The lowest BCUT2D eigenvalue weighted by Gasteiger charge is -2.04.